The highest BCUT2D eigenvalue weighted by Gasteiger charge is 2.62. The number of carbonyl (C=O) groups excluding carboxylic acids is 1. The summed E-state index contributed by atoms with van der Waals surface area (Å²) in [5.41, 5.74) is -1.82. The van der Waals surface area contributed by atoms with E-state index in [0.29, 0.717) is 16.6 Å². The van der Waals surface area contributed by atoms with E-state index in [1.165, 1.54) is 18.2 Å². The van der Waals surface area contributed by atoms with Gasteiger partial charge in [-0.2, -0.15) is 21.9 Å². The van der Waals surface area contributed by atoms with Gasteiger partial charge in [0.2, 0.25) is 0 Å². The van der Waals surface area contributed by atoms with E-state index in [-0.39, 0.29) is 38.8 Å². The number of hydrogen-bond acceptors (Lipinski definition) is 6. The molecule has 1 aliphatic rings. The maximum atomic E-state index is 14.3. The molecule has 194 valence electrons. The van der Waals surface area contributed by atoms with E-state index in [2.05, 4.69) is 19.2 Å². The third-order valence-electron chi connectivity index (χ3n) is 5.81. The summed E-state index contributed by atoms with van der Waals surface area (Å²) in [5, 5.41) is 6.81. The van der Waals surface area contributed by atoms with Crippen LogP contribution >= 0.6 is 34.9 Å². The van der Waals surface area contributed by atoms with Crippen LogP contribution in [0.4, 0.5) is 13.2 Å². The van der Waals surface area contributed by atoms with Gasteiger partial charge in [-0.1, -0.05) is 56.1 Å². The maximum Gasteiger partial charge on any atom is 0.435 e. The number of benzene rings is 2. The predicted octanol–water partition coefficient (Wildman–Crippen LogP) is 7.52. The Balaban J connectivity index is 0.00000176. The minimum Gasteiger partial charge on any atom is -0.374 e. The molecule has 36 heavy (non-hydrogen) atoms. The zero-order valence-electron chi connectivity index (χ0n) is 20.0. The number of amides is 1. The average molecular weight is 561 g/mol. The van der Waals surface area contributed by atoms with E-state index >= 15 is 0 Å². The highest BCUT2D eigenvalue weighted by Crippen LogP contribution is 2.50. The summed E-state index contributed by atoms with van der Waals surface area (Å²) in [5.74, 6) is -0.319. The molecule has 3 aromatic rings. The Bertz CT molecular complexity index is 1260. The summed E-state index contributed by atoms with van der Waals surface area (Å²) in [7, 11) is 0. The van der Waals surface area contributed by atoms with Crippen molar-refractivity contribution in [3.63, 3.8) is 0 Å². The molecule has 0 fully saturated rings. The molecular weight excluding hydrogens is 536 g/mol. The van der Waals surface area contributed by atoms with Gasteiger partial charge < -0.3 is 10.2 Å². The highest BCUT2D eigenvalue weighted by atomic mass is 35.5. The molecule has 4 rings (SSSR count). The van der Waals surface area contributed by atoms with Crippen molar-refractivity contribution in [2.75, 3.05) is 0 Å². The van der Waals surface area contributed by atoms with Crippen molar-refractivity contribution in [1.29, 1.82) is 0 Å². The summed E-state index contributed by atoms with van der Waals surface area (Å²) < 4.78 is 51.4. The van der Waals surface area contributed by atoms with Gasteiger partial charge in [-0.25, -0.2) is 0 Å². The first-order chi connectivity index (χ1) is 17.1. The van der Waals surface area contributed by atoms with Gasteiger partial charge in [0, 0.05) is 27.2 Å². The lowest BCUT2D eigenvalue weighted by Crippen LogP contribution is -2.42. The lowest BCUT2D eigenvalue weighted by atomic mass is 9.86. The molecule has 0 saturated heterocycles. The highest BCUT2D eigenvalue weighted by molar-refractivity contribution is 7.00. The second-order valence-electron chi connectivity index (χ2n) is 7.90. The number of rotatable bonds is 6. The van der Waals surface area contributed by atoms with Crippen LogP contribution in [0.2, 0.25) is 10.0 Å². The number of nitrogens with one attached hydrogen (secondary N) is 1. The molecule has 1 atom stereocenters. The molecule has 1 aromatic heterocycles. The monoisotopic (exact) mass is 560 g/mol. The third-order valence-corrected chi connectivity index (χ3v) is 6.77. The SMILES string of the molecule is CC.CCC(CC)NC(=O)c1ccc(C2=NOC(c3cc(Cl)cc(Cl)c3)(C(F)(F)F)C2)c2nsnc12. The third kappa shape index (κ3) is 5.31. The van der Waals surface area contributed by atoms with E-state index in [1.807, 2.05) is 27.7 Å². The Kier molecular flexibility index (Phi) is 8.84. The van der Waals surface area contributed by atoms with Crippen LogP contribution in [0.1, 0.15) is 68.4 Å². The van der Waals surface area contributed by atoms with Gasteiger partial charge >= 0.3 is 6.18 Å². The van der Waals surface area contributed by atoms with Crippen LogP contribution in [-0.4, -0.2) is 32.6 Å². The van der Waals surface area contributed by atoms with E-state index in [1.54, 1.807) is 0 Å². The predicted molar refractivity (Wildman–Crippen MR) is 137 cm³/mol. The van der Waals surface area contributed by atoms with Crippen molar-refractivity contribution in [1.82, 2.24) is 14.1 Å². The van der Waals surface area contributed by atoms with Gasteiger partial charge in [0.05, 0.1) is 29.4 Å². The standard InChI is InChI=1S/C22H19Cl2F3N4O2S.C2H6/c1-3-14(4-2)28-20(32)16-6-5-15(18-19(16)31-34-30-18)17-10-21(33-29-17,22(25,26)27)11-7-12(23)9-13(24)8-11;1-2/h5-9,14H,3-4,10H2,1-2H3,(H,28,32);1-2H3. The van der Waals surface area contributed by atoms with Crippen molar-refractivity contribution in [2.24, 2.45) is 5.16 Å². The quantitative estimate of drug-likeness (QED) is 0.338. The van der Waals surface area contributed by atoms with Crippen molar-refractivity contribution >= 4 is 57.6 Å². The molecule has 2 aromatic carbocycles. The van der Waals surface area contributed by atoms with Crippen molar-refractivity contribution < 1.29 is 22.8 Å². The van der Waals surface area contributed by atoms with Crippen LogP contribution in [-0.2, 0) is 10.4 Å². The maximum absolute atomic E-state index is 14.3. The molecule has 0 aliphatic carbocycles. The zero-order chi connectivity index (χ0) is 26.7. The Morgan fingerprint density at radius 2 is 1.72 bits per heavy atom. The fraction of sp³-hybridized carbons (Fsp3) is 0.417. The molecular formula is C24H25Cl2F3N4O2S. The molecule has 1 aliphatic heterocycles. The van der Waals surface area contributed by atoms with E-state index in [4.69, 9.17) is 28.0 Å². The molecule has 0 saturated carbocycles. The molecule has 2 heterocycles. The van der Waals surface area contributed by atoms with E-state index in [9.17, 15) is 18.0 Å². The fourth-order valence-electron chi connectivity index (χ4n) is 3.87. The molecule has 1 amide bonds. The summed E-state index contributed by atoms with van der Waals surface area (Å²) in [6.45, 7) is 7.94. The van der Waals surface area contributed by atoms with Crippen molar-refractivity contribution in [3.05, 3.63) is 57.1 Å². The second-order valence-corrected chi connectivity index (χ2v) is 9.30. The normalized spacial score (nSPS) is 17.4. The Labute approximate surface area is 221 Å². The Hall–Kier alpha value is -2.43. The number of oxime groups is 1. The van der Waals surface area contributed by atoms with Crippen LogP contribution in [0.5, 0.6) is 0 Å². The van der Waals surface area contributed by atoms with Gasteiger partial charge in [0.1, 0.15) is 11.0 Å². The number of alkyl halides is 3. The zero-order valence-corrected chi connectivity index (χ0v) is 22.4. The van der Waals surface area contributed by atoms with Crippen LogP contribution in [0.3, 0.4) is 0 Å². The topological polar surface area (TPSA) is 76.5 Å². The van der Waals surface area contributed by atoms with Gasteiger partial charge in [0.25, 0.3) is 11.5 Å². The first-order valence-corrected chi connectivity index (χ1v) is 12.9. The Morgan fingerprint density at radius 3 is 2.31 bits per heavy atom. The van der Waals surface area contributed by atoms with Crippen LogP contribution in [0.15, 0.2) is 35.5 Å². The molecule has 12 heteroatoms. The molecule has 1 unspecified atom stereocenters. The first-order valence-electron chi connectivity index (χ1n) is 11.4. The minimum absolute atomic E-state index is 0.00153. The molecule has 1 N–H and O–H groups in total. The number of halogens is 5. The molecule has 0 bridgehead atoms. The van der Waals surface area contributed by atoms with E-state index < -0.39 is 18.2 Å². The van der Waals surface area contributed by atoms with Gasteiger partial charge in [-0.05, 0) is 43.2 Å². The number of carbonyl (C=O) groups is 1. The number of aromatic nitrogens is 2. The molecule has 6 nitrogen and oxygen atoms in total. The van der Waals surface area contributed by atoms with Gasteiger partial charge in [-0.15, -0.1) is 0 Å². The lowest BCUT2D eigenvalue weighted by molar-refractivity contribution is -0.275. The largest absolute Gasteiger partial charge is 0.435 e. The first kappa shape index (κ1) is 28.1. The van der Waals surface area contributed by atoms with Gasteiger partial charge in [0.15, 0.2) is 0 Å². The van der Waals surface area contributed by atoms with Gasteiger partial charge in [-0.3, -0.25) is 4.79 Å². The van der Waals surface area contributed by atoms with Crippen molar-refractivity contribution in [2.45, 2.75) is 64.8 Å². The number of hydrogen-bond donors (Lipinski definition) is 1. The summed E-state index contributed by atoms with van der Waals surface area (Å²) in [6, 6.07) is 6.69. The summed E-state index contributed by atoms with van der Waals surface area (Å²) >= 11 is 12.8. The van der Waals surface area contributed by atoms with Crippen LogP contribution < -0.4 is 5.32 Å². The van der Waals surface area contributed by atoms with Crippen molar-refractivity contribution in [3.8, 4) is 0 Å². The van der Waals surface area contributed by atoms with Crippen LogP contribution in [0.25, 0.3) is 11.0 Å². The minimum atomic E-state index is -4.82. The second kappa shape index (κ2) is 11.3. The number of fused-ring (bicyclic) bond motifs is 1. The Morgan fingerprint density at radius 1 is 1.11 bits per heavy atom. The number of nitrogens with zero attached hydrogens (tertiary/aromatic N) is 3. The van der Waals surface area contributed by atoms with Crippen LogP contribution in [0, 0.1) is 0 Å². The molecule has 0 spiro atoms. The summed E-state index contributed by atoms with van der Waals surface area (Å²) in [6.07, 6.45) is -3.92. The average Bonchev–Trinajstić information content (AvgIpc) is 3.51. The van der Waals surface area contributed by atoms with E-state index in [0.717, 1.165) is 36.7 Å². The smallest absolute Gasteiger partial charge is 0.374 e. The fourth-order valence-corrected chi connectivity index (χ4v) is 4.97. The molecule has 0 radical (unpaired) electrons. The lowest BCUT2D eigenvalue weighted by Gasteiger charge is -2.29. The summed E-state index contributed by atoms with van der Waals surface area (Å²) in [4.78, 5) is 17.9.